The Kier molecular flexibility index (Phi) is 5.62. The molecular weight excluding hydrogens is 404 g/mol. The third-order valence-electron chi connectivity index (χ3n) is 3.32. The van der Waals surface area contributed by atoms with Crippen molar-refractivity contribution in [2.45, 2.75) is 6.54 Å². The molecular formula is C17H15BrN4O2S. The lowest BCUT2D eigenvalue weighted by Crippen LogP contribution is -2.27. The van der Waals surface area contributed by atoms with Gasteiger partial charge in [-0.05, 0) is 60.7 Å². The lowest BCUT2D eigenvalue weighted by atomic mass is 10.2. The van der Waals surface area contributed by atoms with Crippen LogP contribution in [0, 0.1) is 0 Å². The highest BCUT2D eigenvalue weighted by atomic mass is 79.9. The largest absolute Gasteiger partial charge is 0.497 e. The zero-order valence-corrected chi connectivity index (χ0v) is 15.7. The number of methoxy groups -OCH3 is 1. The normalized spacial score (nSPS) is 10.3. The Morgan fingerprint density at radius 3 is 2.56 bits per heavy atom. The maximum atomic E-state index is 5.26. The van der Waals surface area contributed by atoms with Crippen LogP contribution >= 0.6 is 28.1 Å². The first-order valence-corrected chi connectivity index (χ1v) is 8.61. The molecule has 0 aliphatic carbocycles. The van der Waals surface area contributed by atoms with E-state index in [4.69, 9.17) is 21.5 Å². The number of rotatable bonds is 5. The summed E-state index contributed by atoms with van der Waals surface area (Å²) in [5.41, 5.74) is 1.75. The molecule has 0 bridgehead atoms. The van der Waals surface area contributed by atoms with E-state index < -0.39 is 0 Å². The molecule has 1 heterocycles. The van der Waals surface area contributed by atoms with E-state index >= 15 is 0 Å². The zero-order chi connectivity index (χ0) is 17.6. The van der Waals surface area contributed by atoms with Crippen LogP contribution < -0.4 is 15.4 Å². The molecule has 0 fully saturated rings. The smallest absolute Gasteiger partial charge is 0.246 e. The number of nitrogens with zero attached hydrogens (tertiary/aromatic N) is 2. The molecule has 0 saturated heterocycles. The summed E-state index contributed by atoms with van der Waals surface area (Å²) >= 11 is 8.65. The molecule has 3 rings (SSSR count). The van der Waals surface area contributed by atoms with Gasteiger partial charge >= 0.3 is 0 Å². The van der Waals surface area contributed by atoms with Crippen LogP contribution in [0.4, 0.5) is 5.69 Å². The van der Waals surface area contributed by atoms with Crippen molar-refractivity contribution in [2.75, 3.05) is 12.4 Å². The van der Waals surface area contributed by atoms with Crippen LogP contribution in [-0.2, 0) is 6.54 Å². The van der Waals surface area contributed by atoms with E-state index in [-0.39, 0.29) is 0 Å². The second kappa shape index (κ2) is 8.09. The van der Waals surface area contributed by atoms with Gasteiger partial charge in [-0.2, -0.15) is 4.98 Å². The fourth-order valence-corrected chi connectivity index (χ4v) is 2.50. The van der Waals surface area contributed by atoms with Crippen molar-refractivity contribution in [2.24, 2.45) is 0 Å². The summed E-state index contributed by atoms with van der Waals surface area (Å²) in [6.45, 7) is 0.339. The Balaban J connectivity index is 1.55. The van der Waals surface area contributed by atoms with Crippen LogP contribution in [0.15, 0.2) is 57.5 Å². The average Bonchev–Trinajstić information content (AvgIpc) is 3.11. The van der Waals surface area contributed by atoms with Crippen LogP contribution in [-0.4, -0.2) is 22.4 Å². The van der Waals surface area contributed by atoms with Gasteiger partial charge in [-0.3, -0.25) is 0 Å². The van der Waals surface area contributed by atoms with E-state index in [2.05, 4.69) is 36.7 Å². The second-order valence-electron chi connectivity index (χ2n) is 5.05. The SMILES string of the molecule is COc1ccc(-c2noc(CNC(=S)Nc3ccc(Br)cc3)n2)cc1. The number of benzene rings is 2. The fourth-order valence-electron chi connectivity index (χ4n) is 2.05. The van der Waals surface area contributed by atoms with E-state index in [0.29, 0.717) is 23.4 Å². The molecule has 3 aromatic rings. The van der Waals surface area contributed by atoms with Crippen molar-refractivity contribution in [3.8, 4) is 17.1 Å². The molecule has 25 heavy (non-hydrogen) atoms. The summed E-state index contributed by atoms with van der Waals surface area (Å²) in [6, 6.07) is 15.2. The van der Waals surface area contributed by atoms with Crippen molar-refractivity contribution in [1.29, 1.82) is 0 Å². The van der Waals surface area contributed by atoms with E-state index in [1.165, 1.54) is 0 Å². The topological polar surface area (TPSA) is 72.2 Å². The van der Waals surface area contributed by atoms with E-state index in [0.717, 1.165) is 21.5 Å². The molecule has 0 radical (unpaired) electrons. The molecule has 0 amide bonds. The first kappa shape index (κ1) is 17.4. The summed E-state index contributed by atoms with van der Waals surface area (Å²) in [6.07, 6.45) is 0. The zero-order valence-electron chi connectivity index (χ0n) is 13.3. The number of anilines is 1. The van der Waals surface area contributed by atoms with Gasteiger partial charge in [0.1, 0.15) is 5.75 Å². The molecule has 0 atom stereocenters. The molecule has 1 aromatic heterocycles. The summed E-state index contributed by atoms with van der Waals surface area (Å²) in [7, 11) is 1.62. The van der Waals surface area contributed by atoms with Crippen molar-refractivity contribution in [3.63, 3.8) is 0 Å². The Morgan fingerprint density at radius 2 is 1.88 bits per heavy atom. The number of halogens is 1. The number of thiocarbonyl (C=S) groups is 1. The standard InChI is InChI=1S/C17H15BrN4O2S/c1-23-14-8-2-11(3-9-14)16-21-15(24-22-16)10-19-17(25)20-13-6-4-12(18)5-7-13/h2-9H,10H2,1H3,(H2,19,20,25). The van der Waals surface area contributed by atoms with Crippen molar-refractivity contribution < 1.29 is 9.26 Å². The van der Waals surface area contributed by atoms with Crippen LogP contribution in [0.25, 0.3) is 11.4 Å². The minimum atomic E-state index is 0.339. The van der Waals surface area contributed by atoms with Gasteiger partial charge in [0.2, 0.25) is 11.7 Å². The van der Waals surface area contributed by atoms with Gasteiger partial charge in [-0.15, -0.1) is 0 Å². The van der Waals surface area contributed by atoms with Crippen LogP contribution in [0.2, 0.25) is 0 Å². The van der Waals surface area contributed by atoms with Gasteiger partial charge < -0.3 is 19.9 Å². The molecule has 128 valence electrons. The van der Waals surface area contributed by atoms with Crippen LogP contribution in [0.3, 0.4) is 0 Å². The first-order valence-electron chi connectivity index (χ1n) is 7.41. The molecule has 2 N–H and O–H groups in total. The Bertz CT molecular complexity index is 850. The average molecular weight is 419 g/mol. The Labute approximate surface area is 158 Å². The highest BCUT2D eigenvalue weighted by Gasteiger charge is 2.09. The van der Waals surface area contributed by atoms with E-state index in [1.54, 1.807) is 7.11 Å². The number of hydrogen-bond donors (Lipinski definition) is 2. The van der Waals surface area contributed by atoms with Crippen molar-refractivity contribution in [3.05, 3.63) is 58.9 Å². The van der Waals surface area contributed by atoms with E-state index in [9.17, 15) is 0 Å². The van der Waals surface area contributed by atoms with Crippen LogP contribution in [0.1, 0.15) is 5.89 Å². The first-order chi connectivity index (χ1) is 12.1. The Morgan fingerprint density at radius 1 is 1.16 bits per heavy atom. The molecule has 0 aliphatic rings. The van der Waals surface area contributed by atoms with Gasteiger partial charge in [0.15, 0.2) is 5.11 Å². The molecule has 0 spiro atoms. The quantitative estimate of drug-likeness (QED) is 0.606. The molecule has 8 heteroatoms. The monoisotopic (exact) mass is 418 g/mol. The summed E-state index contributed by atoms with van der Waals surface area (Å²) < 4.78 is 11.4. The summed E-state index contributed by atoms with van der Waals surface area (Å²) in [5.74, 6) is 1.75. The molecule has 0 saturated carbocycles. The summed E-state index contributed by atoms with van der Waals surface area (Å²) in [4.78, 5) is 4.35. The minimum absolute atomic E-state index is 0.339. The second-order valence-corrected chi connectivity index (χ2v) is 6.38. The number of nitrogens with one attached hydrogen (secondary N) is 2. The third kappa shape index (κ3) is 4.77. The predicted molar refractivity (Wildman–Crippen MR) is 103 cm³/mol. The van der Waals surface area contributed by atoms with Gasteiger partial charge in [0.25, 0.3) is 0 Å². The highest BCUT2D eigenvalue weighted by molar-refractivity contribution is 9.10. The van der Waals surface area contributed by atoms with Crippen LogP contribution in [0.5, 0.6) is 5.75 Å². The number of aromatic nitrogens is 2. The van der Waals surface area contributed by atoms with Gasteiger partial charge in [-0.25, -0.2) is 0 Å². The van der Waals surface area contributed by atoms with E-state index in [1.807, 2.05) is 48.5 Å². The fraction of sp³-hybridized carbons (Fsp3) is 0.118. The number of hydrogen-bond acceptors (Lipinski definition) is 5. The van der Waals surface area contributed by atoms with Crippen molar-refractivity contribution in [1.82, 2.24) is 15.5 Å². The van der Waals surface area contributed by atoms with Gasteiger partial charge in [0, 0.05) is 15.7 Å². The third-order valence-corrected chi connectivity index (χ3v) is 4.09. The lowest BCUT2D eigenvalue weighted by Gasteiger charge is -2.08. The van der Waals surface area contributed by atoms with Gasteiger partial charge in [-0.1, -0.05) is 21.1 Å². The Hall–Kier alpha value is -2.45. The minimum Gasteiger partial charge on any atom is -0.497 e. The van der Waals surface area contributed by atoms with Gasteiger partial charge in [0.05, 0.1) is 13.7 Å². The van der Waals surface area contributed by atoms with Crippen molar-refractivity contribution >= 4 is 38.9 Å². The maximum absolute atomic E-state index is 5.26. The molecule has 0 unspecified atom stereocenters. The maximum Gasteiger partial charge on any atom is 0.246 e. The molecule has 6 nitrogen and oxygen atoms in total. The highest BCUT2D eigenvalue weighted by Crippen LogP contribution is 2.19. The molecule has 2 aromatic carbocycles. The number of ether oxygens (including phenoxy) is 1. The lowest BCUT2D eigenvalue weighted by molar-refractivity contribution is 0.376. The summed E-state index contributed by atoms with van der Waals surface area (Å²) in [5, 5.41) is 10.6. The predicted octanol–water partition coefficient (Wildman–Crippen LogP) is 3.99. The molecule has 0 aliphatic heterocycles.